The lowest BCUT2D eigenvalue weighted by Gasteiger charge is -2.06. The second-order valence-electron chi connectivity index (χ2n) is 5.91. The van der Waals surface area contributed by atoms with Crippen molar-refractivity contribution in [2.45, 2.75) is 19.3 Å². The maximum Gasteiger partial charge on any atom is 0.211 e. The number of aromatic nitrogens is 2. The highest BCUT2D eigenvalue weighted by Gasteiger charge is 2.10. The molecule has 26 heavy (non-hydrogen) atoms. The van der Waals surface area contributed by atoms with Gasteiger partial charge in [0.1, 0.15) is 0 Å². The van der Waals surface area contributed by atoms with Crippen LogP contribution in [0.15, 0.2) is 60.2 Å². The van der Waals surface area contributed by atoms with Gasteiger partial charge in [-0.2, -0.15) is 0 Å². The minimum Gasteiger partial charge on any atom is -0.265 e. The summed E-state index contributed by atoms with van der Waals surface area (Å²) < 4.78 is 26.9. The zero-order valence-electron chi connectivity index (χ0n) is 14.3. The van der Waals surface area contributed by atoms with Crippen LogP contribution in [0.25, 0.3) is 11.3 Å². The van der Waals surface area contributed by atoms with E-state index >= 15 is 0 Å². The van der Waals surface area contributed by atoms with E-state index in [1.54, 1.807) is 23.7 Å². The summed E-state index contributed by atoms with van der Waals surface area (Å²) in [5.74, 6) is 0.141. The Morgan fingerprint density at radius 2 is 1.77 bits per heavy atom. The van der Waals surface area contributed by atoms with Crippen molar-refractivity contribution in [3.05, 3.63) is 70.8 Å². The number of rotatable bonds is 9. The zero-order chi connectivity index (χ0) is 18.2. The summed E-state index contributed by atoms with van der Waals surface area (Å²) in [4.78, 5) is 8.55. The standard InChI is InChI=1S/C19H21N3O2S2/c23-26(24,14-4-7-16-5-2-1-3-6-16)21-13-10-19-22-18(15-25-19)17-8-11-20-12-9-17/h1-3,5-6,8-9,11-12,15,21H,4,7,10,13-14H2. The Bertz CT molecular complexity index is 910. The molecule has 0 saturated carbocycles. The minimum atomic E-state index is -3.25. The van der Waals surface area contributed by atoms with Gasteiger partial charge < -0.3 is 0 Å². The van der Waals surface area contributed by atoms with E-state index in [2.05, 4.69) is 14.7 Å². The molecule has 1 N–H and O–H groups in total. The molecule has 3 aromatic rings. The summed E-state index contributed by atoms with van der Waals surface area (Å²) in [6.45, 7) is 0.372. The van der Waals surface area contributed by atoms with Crippen LogP contribution in [0.1, 0.15) is 17.0 Å². The quantitative estimate of drug-likeness (QED) is 0.611. The topological polar surface area (TPSA) is 72.0 Å². The van der Waals surface area contributed by atoms with E-state index in [9.17, 15) is 8.42 Å². The van der Waals surface area contributed by atoms with E-state index < -0.39 is 10.0 Å². The highest BCUT2D eigenvalue weighted by Crippen LogP contribution is 2.21. The van der Waals surface area contributed by atoms with Gasteiger partial charge in [-0.3, -0.25) is 4.98 Å². The molecule has 5 nitrogen and oxygen atoms in total. The summed E-state index contributed by atoms with van der Waals surface area (Å²) in [6.07, 6.45) is 5.44. The van der Waals surface area contributed by atoms with Crippen LogP contribution in [0.5, 0.6) is 0 Å². The van der Waals surface area contributed by atoms with Crippen LogP contribution in [-0.4, -0.2) is 30.7 Å². The van der Waals surface area contributed by atoms with Gasteiger partial charge in [-0.15, -0.1) is 11.3 Å². The third-order valence-corrected chi connectivity index (χ3v) is 6.29. The van der Waals surface area contributed by atoms with Gasteiger partial charge >= 0.3 is 0 Å². The molecule has 0 aliphatic rings. The van der Waals surface area contributed by atoms with Crippen LogP contribution >= 0.6 is 11.3 Å². The van der Waals surface area contributed by atoms with Crippen LogP contribution in [0.3, 0.4) is 0 Å². The average molecular weight is 388 g/mol. The fourth-order valence-corrected chi connectivity index (χ4v) is 4.47. The molecule has 1 aromatic carbocycles. The van der Waals surface area contributed by atoms with Gasteiger partial charge in [-0.05, 0) is 30.5 Å². The Morgan fingerprint density at radius 3 is 2.54 bits per heavy atom. The number of nitrogens with zero attached hydrogens (tertiary/aromatic N) is 2. The van der Waals surface area contributed by atoms with Crippen molar-refractivity contribution in [1.29, 1.82) is 0 Å². The third-order valence-electron chi connectivity index (χ3n) is 3.91. The van der Waals surface area contributed by atoms with Gasteiger partial charge in [0.2, 0.25) is 10.0 Å². The van der Waals surface area contributed by atoms with Crippen LogP contribution in [0, 0.1) is 0 Å². The molecule has 3 rings (SSSR count). The molecule has 2 heterocycles. The first-order valence-electron chi connectivity index (χ1n) is 8.48. The molecule has 0 unspecified atom stereocenters. The second-order valence-corrected chi connectivity index (χ2v) is 8.78. The number of thiazole rings is 1. The molecular formula is C19H21N3O2S2. The fourth-order valence-electron chi connectivity index (χ4n) is 2.58. The summed E-state index contributed by atoms with van der Waals surface area (Å²) in [7, 11) is -3.25. The molecule has 2 aromatic heterocycles. The molecule has 0 spiro atoms. The molecule has 0 aliphatic heterocycles. The van der Waals surface area contributed by atoms with Gasteiger partial charge in [0.05, 0.1) is 16.5 Å². The molecule has 0 bridgehead atoms. The Labute approximate surface area is 158 Å². The zero-order valence-corrected chi connectivity index (χ0v) is 16.0. The number of nitrogens with one attached hydrogen (secondary N) is 1. The first-order chi connectivity index (χ1) is 12.6. The Kier molecular flexibility index (Phi) is 6.49. The lowest BCUT2D eigenvalue weighted by atomic mass is 10.1. The fraction of sp³-hybridized carbons (Fsp3) is 0.263. The molecule has 136 valence electrons. The summed E-state index contributed by atoms with van der Waals surface area (Å²) in [6, 6.07) is 13.8. The van der Waals surface area contributed by atoms with E-state index in [1.807, 2.05) is 47.8 Å². The number of hydrogen-bond donors (Lipinski definition) is 1. The van der Waals surface area contributed by atoms with Crippen molar-refractivity contribution in [2.24, 2.45) is 0 Å². The number of hydrogen-bond acceptors (Lipinski definition) is 5. The maximum atomic E-state index is 12.1. The predicted octanol–water partition coefficient (Wildman–Crippen LogP) is 3.30. The smallest absolute Gasteiger partial charge is 0.211 e. The summed E-state index contributed by atoms with van der Waals surface area (Å²) in [5.41, 5.74) is 3.08. The number of sulfonamides is 1. The molecular weight excluding hydrogens is 366 g/mol. The SMILES string of the molecule is O=S(=O)(CCCc1ccccc1)NCCc1nc(-c2ccncc2)cs1. The van der Waals surface area contributed by atoms with Crippen LogP contribution in [0.2, 0.25) is 0 Å². The van der Waals surface area contributed by atoms with Crippen LogP contribution in [0.4, 0.5) is 0 Å². The van der Waals surface area contributed by atoms with Gasteiger partial charge in [-0.25, -0.2) is 18.1 Å². The van der Waals surface area contributed by atoms with Crippen molar-refractivity contribution in [1.82, 2.24) is 14.7 Å². The second kappa shape index (κ2) is 9.02. The molecule has 0 aliphatic carbocycles. The molecule has 0 amide bonds. The van der Waals surface area contributed by atoms with Crippen molar-refractivity contribution < 1.29 is 8.42 Å². The van der Waals surface area contributed by atoms with Crippen molar-refractivity contribution in [3.63, 3.8) is 0 Å². The largest absolute Gasteiger partial charge is 0.265 e. The highest BCUT2D eigenvalue weighted by atomic mass is 32.2. The molecule has 0 saturated heterocycles. The van der Waals surface area contributed by atoms with E-state index in [1.165, 1.54) is 0 Å². The van der Waals surface area contributed by atoms with Gasteiger partial charge in [0.15, 0.2) is 0 Å². The summed E-state index contributed by atoms with van der Waals surface area (Å²) >= 11 is 1.54. The Balaban J connectivity index is 1.43. The van der Waals surface area contributed by atoms with E-state index in [0.717, 1.165) is 28.2 Å². The average Bonchev–Trinajstić information content (AvgIpc) is 3.12. The maximum absolute atomic E-state index is 12.1. The third kappa shape index (κ3) is 5.72. The van der Waals surface area contributed by atoms with E-state index in [4.69, 9.17) is 0 Å². The lowest BCUT2D eigenvalue weighted by molar-refractivity contribution is 0.579. The number of aryl methyl sites for hydroxylation is 1. The summed E-state index contributed by atoms with van der Waals surface area (Å²) in [5, 5.41) is 2.91. The van der Waals surface area contributed by atoms with E-state index in [-0.39, 0.29) is 5.75 Å². The minimum absolute atomic E-state index is 0.141. The van der Waals surface area contributed by atoms with Crippen molar-refractivity contribution in [2.75, 3.05) is 12.3 Å². The highest BCUT2D eigenvalue weighted by molar-refractivity contribution is 7.89. The van der Waals surface area contributed by atoms with Gasteiger partial charge in [-0.1, -0.05) is 30.3 Å². The number of benzene rings is 1. The van der Waals surface area contributed by atoms with Crippen LogP contribution < -0.4 is 4.72 Å². The Morgan fingerprint density at radius 1 is 1.00 bits per heavy atom. The van der Waals surface area contributed by atoms with Gasteiger partial charge in [0.25, 0.3) is 0 Å². The van der Waals surface area contributed by atoms with Crippen molar-refractivity contribution in [3.8, 4) is 11.3 Å². The Hall–Kier alpha value is -2.09. The molecule has 0 fully saturated rings. The lowest BCUT2D eigenvalue weighted by Crippen LogP contribution is -2.28. The van der Waals surface area contributed by atoms with Crippen LogP contribution in [-0.2, 0) is 22.9 Å². The molecule has 7 heteroatoms. The van der Waals surface area contributed by atoms with E-state index in [0.29, 0.717) is 19.4 Å². The normalized spacial score (nSPS) is 11.5. The monoisotopic (exact) mass is 387 g/mol. The molecule has 0 radical (unpaired) electrons. The molecule has 0 atom stereocenters. The first kappa shape index (κ1) is 18.7. The van der Waals surface area contributed by atoms with Crippen molar-refractivity contribution >= 4 is 21.4 Å². The number of pyridine rings is 1. The van der Waals surface area contributed by atoms with Gasteiger partial charge in [0, 0.05) is 36.3 Å². The predicted molar refractivity (Wildman–Crippen MR) is 106 cm³/mol. The first-order valence-corrected chi connectivity index (χ1v) is 11.0.